The van der Waals surface area contributed by atoms with Crippen LogP contribution in [0.15, 0.2) is 36.4 Å². The van der Waals surface area contributed by atoms with E-state index in [4.69, 9.17) is 32.7 Å². The average Bonchev–Trinajstić information content (AvgIpc) is 2.49. The van der Waals surface area contributed by atoms with Gasteiger partial charge in [-0.05, 0) is 23.8 Å². The van der Waals surface area contributed by atoms with E-state index < -0.39 is 0 Å². The number of carbonyl (C=O) groups is 1. The molecule has 21 heavy (non-hydrogen) atoms. The van der Waals surface area contributed by atoms with Crippen LogP contribution in [0.3, 0.4) is 0 Å². The van der Waals surface area contributed by atoms with Gasteiger partial charge in [-0.15, -0.1) is 0 Å². The smallest absolute Gasteiger partial charge is 0.168 e. The number of Topliss-reactive ketones (excluding diaryl/α,β-unsaturated/α-hetero) is 1. The second-order valence-corrected chi connectivity index (χ2v) is 5.23. The quantitative estimate of drug-likeness (QED) is 0.763. The van der Waals surface area contributed by atoms with Crippen LogP contribution < -0.4 is 9.47 Å². The summed E-state index contributed by atoms with van der Waals surface area (Å²) in [6, 6.07) is 10.4. The average molecular weight is 325 g/mol. The molecule has 0 saturated heterocycles. The van der Waals surface area contributed by atoms with Crippen LogP contribution >= 0.6 is 23.2 Å². The summed E-state index contributed by atoms with van der Waals surface area (Å²) in [4.78, 5) is 12.4. The summed E-state index contributed by atoms with van der Waals surface area (Å²) in [5.41, 5.74) is 1.23. The molecule has 0 N–H and O–H groups in total. The van der Waals surface area contributed by atoms with Crippen LogP contribution in [0.1, 0.15) is 15.9 Å². The van der Waals surface area contributed by atoms with Gasteiger partial charge in [0.15, 0.2) is 5.78 Å². The number of ether oxygens (including phenoxy) is 2. The van der Waals surface area contributed by atoms with Crippen LogP contribution in [0.25, 0.3) is 0 Å². The SMILES string of the molecule is COc1cccc(CC(=O)c2cc(Cl)c(OC)cc2Cl)c1. The van der Waals surface area contributed by atoms with Crippen molar-refractivity contribution in [1.82, 2.24) is 0 Å². The first-order valence-electron chi connectivity index (χ1n) is 6.24. The number of hydrogen-bond donors (Lipinski definition) is 0. The van der Waals surface area contributed by atoms with Crippen LogP contribution in [-0.4, -0.2) is 20.0 Å². The number of ketones is 1. The van der Waals surface area contributed by atoms with Gasteiger partial charge in [0.1, 0.15) is 11.5 Å². The Labute approximate surface area is 133 Å². The molecule has 2 aromatic rings. The van der Waals surface area contributed by atoms with E-state index in [9.17, 15) is 4.79 Å². The van der Waals surface area contributed by atoms with E-state index in [0.29, 0.717) is 27.1 Å². The van der Waals surface area contributed by atoms with Crippen molar-refractivity contribution in [2.24, 2.45) is 0 Å². The standard InChI is InChI=1S/C16H14Cl2O3/c1-20-11-5-3-4-10(6-11)7-15(19)12-8-14(18)16(21-2)9-13(12)17/h3-6,8-9H,7H2,1-2H3. The van der Waals surface area contributed by atoms with Gasteiger partial charge in [0.05, 0.1) is 24.3 Å². The van der Waals surface area contributed by atoms with E-state index in [1.54, 1.807) is 13.2 Å². The van der Waals surface area contributed by atoms with Gasteiger partial charge in [-0.1, -0.05) is 35.3 Å². The van der Waals surface area contributed by atoms with Gasteiger partial charge < -0.3 is 9.47 Å². The number of halogens is 2. The second-order valence-electron chi connectivity index (χ2n) is 4.42. The molecule has 0 unspecified atom stereocenters. The fraction of sp³-hybridized carbons (Fsp3) is 0.188. The Bertz CT molecular complexity index is 669. The van der Waals surface area contributed by atoms with Crippen LogP contribution in [0.4, 0.5) is 0 Å². The van der Waals surface area contributed by atoms with Gasteiger partial charge in [0.25, 0.3) is 0 Å². The van der Waals surface area contributed by atoms with Crippen LogP contribution in [0, 0.1) is 0 Å². The van der Waals surface area contributed by atoms with E-state index in [1.165, 1.54) is 13.2 Å². The lowest BCUT2D eigenvalue weighted by Crippen LogP contribution is -2.05. The normalized spacial score (nSPS) is 10.3. The molecule has 0 fully saturated rings. The fourth-order valence-corrected chi connectivity index (χ4v) is 2.46. The van der Waals surface area contributed by atoms with Crippen LogP contribution in [0.2, 0.25) is 10.0 Å². The van der Waals surface area contributed by atoms with Gasteiger partial charge >= 0.3 is 0 Å². The van der Waals surface area contributed by atoms with Crippen molar-refractivity contribution in [2.75, 3.05) is 14.2 Å². The first-order chi connectivity index (χ1) is 10.0. The van der Waals surface area contributed by atoms with Crippen LogP contribution in [0.5, 0.6) is 11.5 Å². The first-order valence-corrected chi connectivity index (χ1v) is 7.00. The molecule has 2 aromatic carbocycles. The van der Waals surface area contributed by atoms with E-state index in [0.717, 1.165) is 5.56 Å². The Morgan fingerprint density at radius 1 is 1.05 bits per heavy atom. The zero-order valence-corrected chi connectivity index (χ0v) is 13.2. The molecule has 0 heterocycles. The van der Waals surface area contributed by atoms with Gasteiger partial charge in [0.2, 0.25) is 0 Å². The molecule has 0 spiro atoms. The van der Waals surface area contributed by atoms with E-state index in [1.807, 2.05) is 24.3 Å². The van der Waals surface area contributed by atoms with E-state index in [2.05, 4.69) is 0 Å². The highest BCUT2D eigenvalue weighted by Gasteiger charge is 2.15. The molecule has 0 aliphatic rings. The Balaban J connectivity index is 2.26. The minimum absolute atomic E-state index is 0.113. The Morgan fingerprint density at radius 3 is 2.48 bits per heavy atom. The number of benzene rings is 2. The van der Waals surface area contributed by atoms with Crippen LogP contribution in [-0.2, 0) is 6.42 Å². The van der Waals surface area contributed by atoms with Crippen molar-refractivity contribution >= 4 is 29.0 Å². The number of carbonyl (C=O) groups excluding carboxylic acids is 1. The molecule has 0 aromatic heterocycles. The lowest BCUT2D eigenvalue weighted by molar-refractivity contribution is 0.0993. The lowest BCUT2D eigenvalue weighted by atomic mass is 10.0. The fourth-order valence-electron chi connectivity index (χ4n) is 1.96. The molecule has 0 amide bonds. The second kappa shape index (κ2) is 6.83. The number of rotatable bonds is 5. The molecule has 0 bridgehead atoms. The summed E-state index contributed by atoms with van der Waals surface area (Å²) in [7, 11) is 3.08. The third-order valence-corrected chi connectivity index (χ3v) is 3.65. The van der Waals surface area contributed by atoms with E-state index in [-0.39, 0.29) is 12.2 Å². The highest BCUT2D eigenvalue weighted by molar-refractivity contribution is 6.36. The van der Waals surface area contributed by atoms with Crippen molar-refractivity contribution in [3.8, 4) is 11.5 Å². The molecule has 110 valence electrons. The third-order valence-electron chi connectivity index (χ3n) is 3.04. The summed E-state index contributed by atoms with van der Waals surface area (Å²) >= 11 is 12.2. The molecule has 0 radical (unpaired) electrons. The largest absolute Gasteiger partial charge is 0.497 e. The molecular weight excluding hydrogens is 311 g/mol. The molecule has 0 aliphatic carbocycles. The summed E-state index contributed by atoms with van der Waals surface area (Å²) in [5.74, 6) is 1.04. The van der Waals surface area contributed by atoms with E-state index >= 15 is 0 Å². The Hall–Kier alpha value is -1.71. The predicted molar refractivity (Wildman–Crippen MR) is 84.0 cm³/mol. The number of methoxy groups -OCH3 is 2. The third kappa shape index (κ3) is 3.69. The maximum Gasteiger partial charge on any atom is 0.168 e. The van der Waals surface area contributed by atoms with Crippen molar-refractivity contribution in [3.05, 3.63) is 57.6 Å². The van der Waals surface area contributed by atoms with Gasteiger partial charge in [-0.2, -0.15) is 0 Å². The van der Waals surface area contributed by atoms with Gasteiger partial charge in [0, 0.05) is 18.1 Å². The van der Waals surface area contributed by atoms with Crippen molar-refractivity contribution in [1.29, 1.82) is 0 Å². The lowest BCUT2D eigenvalue weighted by Gasteiger charge is -2.09. The summed E-state index contributed by atoms with van der Waals surface area (Å²) in [6.07, 6.45) is 0.222. The van der Waals surface area contributed by atoms with Crippen molar-refractivity contribution < 1.29 is 14.3 Å². The van der Waals surface area contributed by atoms with Crippen molar-refractivity contribution in [3.63, 3.8) is 0 Å². The highest BCUT2D eigenvalue weighted by Crippen LogP contribution is 2.31. The minimum Gasteiger partial charge on any atom is -0.497 e. The number of hydrogen-bond acceptors (Lipinski definition) is 3. The Kier molecular flexibility index (Phi) is 5.10. The van der Waals surface area contributed by atoms with Crippen molar-refractivity contribution in [2.45, 2.75) is 6.42 Å². The minimum atomic E-state index is -0.113. The summed E-state index contributed by atoms with van der Waals surface area (Å²) < 4.78 is 10.2. The molecule has 2 rings (SSSR count). The molecule has 3 nitrogen and oxygen atoms in total. The zero-order valence-electron chi connectivity index (χ0n) is 11.7. The highest BCUT2D eigenvalue weighted by atomic mass is 35.5. The topological polar surface area (TPSA) is 35.5 Å². The first kappa shape index (κ1) is 15.7. The zero-order chi connectivity index (χ0) is 15.4. The maximum atomic E-state index is 12.4. The monoisotopic (exact) mass is 324 g/mol. The summed E-state index contributed by atoms with van der Waals surface area (Å²) in [5, 5.41) is 0.681. The molecule has 0 aliphatic heterocycles. The molecule has 0 atom stereocenters. The molecule has 5 heteroatoms. The predicted octanol–water partition coefficient (Wildman–Crippen LogP) is 4.44. The molecule has 0 saturated carbocycles. The van der Waals surface area contributed by atoms with Gasteiger partial charge in [-0.3, -0.25) is 4.79 Å². The summed E-state index contributed by atoms with van der Waals surface area (Å²) in [6.45, 7) is 0. The van der Waals surface area contributed by atoms with Gasteiger partial charge in [-0.25, -0.2) is 0 Å². The Morgan fingerprint density at radius 2 is 1.81 bits per heavy atom. The maximum absolute atomic E-state index is 12.4. The molecular formula is C16H14Cl2O3.